The number of nitrogens with zero attached hydrogens (tertiary/aromatic N) is 1. The van der Waals surface area contributed by atoms with Crippen LogP contribution < -0.4 is 5.32 Å². The Labute approximate surface area is 89.2 Å². The average Bonchev–Trinajstić information content (AvgIpc) is 2.71. The number of H-pyrrole nitrogens is 1. The molecular weight excluding hydrogens is 214 g/mol. The summed E-state index contributed by atoms with van der Waals surface area (Å²) in [4.78, 5) is 6.88. The van der Waals surface area contributed by atoms with Crippen molar-refractivity contribution >= 4 is 9.84 Å². The highest BCUT2D eigenvalue weighted by Gasteiger charge is 2.37. The summed E-state index contributed by atoms with van der Waals surface area (Å²) in [6.07, 6.45) is 4.04. The maximum Gasteiger partial charge on any atom is 0.152 e. The van der Waals surface area contributed by atoms with Crippen molar-refractivity contribution in [3.8, 4) is 0 Å². The van der Waals surface area contributed by atoms with Crippen LogP contribution in [0.4, 0.5) is 0 Å². The number of aromatic amines is 1. The monoisotopic (exact) mass is 229 g/mol. The summed E-state index contributed by atoms with van der Waals surface area (Å²) in [6, 6.07) is 0. The van der Waals surface area contributed by atoms with Crippen LogP contribution in [0.5, 0.6) is 0 Å². The first-order valence-electron chi connectivity index (χ1n) is 4.92. The second-order valence-corrected chi connectivity index (χ2v) is 6.52. The van der Waals surface area contributed by atoms with E-state index in [1.54, 1.807) is 12.5 Å². The zero-order valence-corrected chi connectivity index (χ0v) is 9.47. The largest absolute Gasteiger partial charge is 0.347 e. The molecule has 6 heteroatoms. The van der Waals surface area contributed by atoms with Gasteiger partial charge >= 0.3 is 0 Å². The molecule has 84 valence electrons. The van der Waals surface area contributed by atoms with Crippen LogP contribution in [0.3, 0.4) is 0 Å². The minimum absolute atomic E-state index is 0.230. The Bertz CT molecular complexity index is 426. The fraction of sp³-hybridized carbons (Fsp3) is 0.667. The molecule has 0 aliphatic carbocycles. The number of hydrogen-bond donors (Lipinski definition) is 2. The highest BCUT2D eigenvalue weighted by Crippen LogP contribution is 2.22. The van der Waals surface area contributed by atoms with Crippen LogP contribution in [0.2, 0.25) is 0 Å². The second kappa shape index (κ2) is 3.61. The van der Waals surface area contributed by atoms with Gasteiger partial charge in [-0.1, -0.05) is 0 Å². The van der Waals surface area contributed by atoms with Crippen molar-refractivity contribution in [1.82, 2.24) is 15.3 Å². The molecule has 0 bridgehead atoms. The highest BCUT2D eigenvalue weighted by molar-refractivity contribution is 7.91. The second-order valence-electron chi connectivity index (χ2n) is 4.33. The van der Waals surface area contributed by atoms with Gasteiger partial charge in [-0.2, -0.15) is 0 Å². The molecule has 2 N–H and O–H groups in total. The summed E-state index contributed by atoms with van der Waals surface area (Å²) < 4.78 is 22.7. The standard InChI is InChI=1S/C9H15N3O2S/c1-9(2-3-15(13,14)6-9)12-5-8-4-10-7-11-8/h4,7,12H,2-3,5-6H2,1H3,(H,10,11). The molecule has 1 aliphatic rings. The van der Waals surface area contributed by atoms with Crippen molar-refractivity contribution < 1.29 is 8.42 Å². The number of hydrogen-bond acceptors (Lipinski definition) is 4. The Hall–Kier alpha value is -0.880. The fourth-order valence-corrected chi connectivity index (χ4v) is 3.96. The van der Waals surface area contributed by atoms with E-state index in [0.29, 0.717) is 18.7 Å². The topological polar surface area (TPSA) is 74.8 Å². The molecule has 0 saturated carbocycles. The number of sulfone groups is 1. The molecule has 1 aromatic heterocycles. The molecule has 5 nitrogen and oxygen atoms in total. The Morgan fingerprint density at radius 3 is 3.00 bits per heavy atom. The molecule has 0 radical (unpaired) electrons. The van der Waals surface area contributed by atoms with E-state index in [1.165, 1.54) is 0 Å². The fourth-order valence-electron chi connectivity index (χ4n) is 1.84. The molecule has 1 atom stereocenters. The van der Waals surface area contributed by atoms with Crippen LogP contribution in [-0.4, -0.2) is 35.4 Å². The Kier molecular flexibility index (Phi) is 2.56. The van der Waals surface area contributed by atoms with Crippen LogP contribution in [0, 0.1) is 0 Å². The lowest BCUT2D eigenvalue weighted by atomic mass is 10.0. The molecule has 2 rings (SSSR count). The Balaban J connectivity index is 1.95. The molecule has 1 unspecified atom stereocenters. The molecule has 0 spiro atoms. The van der Waals surface area contributed by atoms with Gasteiger partial charge in [-0.05, 0) is 13.3 Å². The molecule has 1 aromatic rings. The number of aromatic nitrogens is 2. The Morgan fingerprint density at radius 1 is 1.67 bits per heavy atom. The van der Waals surface area contributed by atoms with E-state index in [0.717, 1.165) is 5.69 Å². The smallest absolute Gasteiger partial charge is 0.152 e. The number of rotatable bonds is 3. The average molecular weight is 229 g/mol. The third-order valence-electron chi connectivity index (χ3n) is 2.76. The summed E-state index contributed by atoms with van der Waals surface area (Å²) in [5.74, 6) is 0.521. The predicted molar refractivity (Wildman–Crippen MR) is 57.1 cm³/mol. The van der Waals surface area contributed by atoms with E-state index in [2.05, 4.69) is 15.3 Å². The van der Waals surface area contributed by atoms with Crippen molar-refractivity contribution in [3.63, 3.8) is 0 Å². The lowest BCUT2D eigenvalue weighted by molar-refractivity contribution is 0.393. The van der Waals surface area contributed by atoms with Crippen molar-refractivity contribution in [2.75, 3.05) is 11.5 Å². The summed E-state index contributed by atoms with van der Waals surface area (Å²) in [5, 5.41) is 3.27. The third-order valence-corrected chi connectivity index (χ3v) is 4.67. The maximum atomic E-state index is 11.3. The molecule has 2 heterocycles. The van der Waals surface area contributed by atoms with Gasteiger partial charge in [-0.15, -0.1) is 0 Å². The van der Waals surface area contributed by atoms with Crippen LogP contribution in [0.25, 0.3) is 0 Å². The van der Waals surface area contributed by atoms with Gasteiger partial charge in [-0.3, -0.25) is 0 Å². The summed E-state index contributed by atoms with van der Waals surface area (Å²) in [6.45, 7) is 2.58. The summed E-state index contributed by atoms with van der Waals surface area (Å²) in [7, 11) is -2.83. The van der Waals surface area contributed by atoms with Crippen LogP contribution >= 0.6 is 0 Å². The van der Waals surface area contributed by atoms with Gasteiger partial charge in [0.15, 0.2) is 9.84 Å². The first kappa shape index (κ1) is 10.6. The van der Waals surface area contributed by atoms with Gasteiger partial charge in [0.05, 0.1) is 17.8 Å². The van der Waals surface area contributed by atoms with E-state index in [4.69, 9.17) is 0 Å². The molecule has 0 amide bonds. The number of nitrogens with one attached hydrogen (secondary N) is 2. The Morgan fingerprint density at radius 2 is 2.47 bits per heavy atom. The molecule has 1 fully saturated rings. The van der Waals surface area contributed by atoms with E-state index < -0.39 is 9.84 Å². The van der Waals surface area contributed by atoms with E-state index in [1.807, 2.05) is 6.92 Å². The van der Waals surface area contributed by atoms with Crippen LogP contribution in [0.15, 0.2) is 12.5 Å². The van der Waals surface area contributed by atoms with Gasteiger partial charge in [-0.25, -0.2) is 13.4 Å². The van der Waals surface area contributed by atoms with Gasteiger partial charge < -0.3 is 10.3 Å². The molecule has 15 heavy (non-hydrogen) atoms. The lowest BCUT2D eigenvalue weighted by Gasteiger charge is -2.23. The van der Waals surface area contributed by atoms with Crippen LogP contribution in [0.1, 0.15) is 19.0 Å². The van der Waals surface area contributed by atoms with Crippen LogP contribution in [-0.2, 0) is 16.4 Å². The maximum absolute atomic E-state index is 11.3. The van der Waals surface area contributed by atoms with Gasteiger partial charge in [0.25, 0.3) is 0 Å². The van der Waals surface area contributed by atoms with E-state index >= 15 is 0 Å². The van der Waals surface area contributed by atoms with Gasteiger partial charge in [0.1, 0.15) is 0 Å². The molecule has 1 aliphatic heterocycles. The highest BCUT2D eigenvalue weighted by atomic mass is 32.2. The lowest BCUT2D eigenvalue weighted by Crippen LogP contribution is -2.42. The zero-order chi connectivity index (χ0) is 10.9. The van der Waals surface area contributed by atoms with Crippen molar-refractivity contribution in [2.45, 2.75) is 25.4 Å². The van der Waals surface area contributed by atoms with Gasteiger partial charge in [0.2, 0.25) is 0 Å². The van der Waals surface area contributed by atoms with Crippen molar-refractivity contribution in [3.05, 3.63) is 18.2 Å². The minimum Gasteiger partial charge on any atom is -0.347 e. The first-order chi connectivity index (χ1) is 6.99. The summed E-state index contributed by atoms with van der Waals surface area (Å²) >= 11 is 0. The summed E-state index contributed by atoms with van der Waals surface area (Å²) in [5.41, 5.74) is 0.685. The molecular formula is C9H15N3O2S. The first-order valence-corrected chi connectivity index (χ1v) is 6.74. The normalized spacial score (nSPS) is 29.4. The number of imidazole rings is 1. The third kappa shape index (κ3) is 2.57. The SMILES string of the molecule is CC1(NCc2cnc[nH]2)CCS(=O)(=O)C1. The van der Waals surface area contributed by atoms with Gasteiger partial charge in [0, 0.05) is 24.0 Å². The predicted octanol–water partition coefficient (Wildman–Crippen LogP) is 0.0765. The zero-order valence-electron chi connectivity index (χ0n) is 8.66. The molecule has 1 saturated heterocycles. The molecule has 0 aromatic carbocycles. The van der Waals surface area contributed by atoms with E-state index in [-0.39, 0.29) is 11.3 Å². The minimum atomic E-state index is -2.83. The van der Waals surface area contributed by atoms with Crippen molar-refractivity contribution in [2.24, 2.45) is 0 Å². The quantitative estimate of drug-likeness (QED) is 0.769. The van der Waals surface area contributed by atoms with E-state index in [9.17, 15) is 8.42 Å². The van der Waals surface area contributed by atoms with Crippen molar-refractivity contribution in [1.29, 1.82) is 0 Å².